The molecule has 0 N–H and O–H groups in total. The summed E-state index contributed by atoms with van der Waals surface area (Å²) < 4.78 is 5.36. The molecule has 1 fully saturated rings. The van der Waals surface area contributed by atoms with Crippen molar-refractivity contribution in [3.8, 4) is 11.5 Å². The lowest BCUT2D eigenvalue weighted by Crippen LogP contribution is -2.24. The summed E-state index contributed by atoms with van der Waals surface area (Å²) >= 11 is 0. The van der Waals surface area contributed by atoms with E-state index in [1.165, 1.54) is 5.56 Å². The molecule has 0 radical (unpaired) electrons. The lowest BCUT2D eigenvalue weighted by atomic mass is 10.1. The van der Waals surface area contributed by atoms with Crippen LogP contribution in [0, 0.1) is 13.8 Å². The number of benzene rings is 1. The molecule has 1 saturated heterocycles. The van der Waals surface area contributed by atoms with Crippen molar-refractivity contribution in [1.29, 1.82) is 0 Å². The number of aromatic nitrogens is 3. The molecular formula is C19H18N4O2. The van der Waals surface area contributed by atoms with E-state index in [4.69, 9.17) is 4.52 Å². The molecule has 1 aliphatic heterocycles. The van der Waals surface area contributed by atoms with Gasteiger partial charge in [-0.25, -0.2) is 0 Å². The molecule has 1 aromatic carbocycles. The quantitative estimate of drug-likeness (QED) is 0.735. The van der Waals surface area contributed by atoms with Crippen LogP contribution in [-0.4, -0.2) is 27.6 Å². The van der Waals surface area contributed by atoms with Gasteiger partial charge in [0, 0.05) is 36.5 Å². The van der Waals surface area contributed by atoms with Crippen LogP contribution >= 0.6 is 0 Å². The number of pyridine rings is 1. The van der Waals surface area contributed by atoms with Crippen LogP contribution in [0.1, 0.15) is 29.4 Å². The first kappa shape index (κ1) is 15.5. The van der Waals surface area contributed by atoms with E-state index in [1.807, 2.05) is 50.2 Å². The van der Waals surface area contributed by atoms with Crippen LogP contribution in [0.3, 0.4) is 0 Å². The van der Waals surface area contributed by atoms with E-state index >= 15 is 0 Å². The Hall–Kier alpha value is -3.02. The van der Waals surface area contributed by atoms with Gasteiger partial charge in [-0.1, -0.05) is 22.9 Å². The Morgan fingerprint density at radius 1 is 1.12 bits per heavy atom. The van der Waals surface area contributed by atoms with Crippen molar-refractivity contribution in [3.63, 3.8) is 0 Å². The van der Waals surface area contributed by atoms with Crippen LogP contribution in [0.5, 0.6) is 0 Å². The second-order valence-corrected chi connectivity index (χ2v) is 6.39. The number of carbonyl (C=O) groups excluding carboxylic acids is 1. The maximum absolute atomic E-state index is 12.4. The Labute approximate surface area is 145 Å². The Morgan fingerprint density at radius 3 is 2.64 bits per heavy atom. The molecule has 4 rings (SSSR count). The molecule has 3 aromatic rings. The monoisotopic (exact) mass is 334 g/mol. The van der Waals surface area contributed by atoms with Gasteiger partial charge < -0.3 is 9.42 Å². The number of anilines is 1. The molecule has 1 aliphatic rings. The van der Waals surface area contributed by atoms with Crippen molar-refractivity contribution in [3.05, 3.63) is 59.7 Å². The summed E-state index contributed by atoms with van der Waals surface area (Å²) in [6, 6.07) is 11.7. The number of aryl methyl sites for hydroxylation is 2. The number of carbonyl (C=O) groups is 1. The fourth-order valence-corrected chi connectivity index (χ4v) is 2.97. The van der Waals surface area contributed by atoms with E-state index in [0.717, 1.165) is 16.9 Å². The van der Waals surface area contributed by atoms with Gasteiger partial charge in [-0.3, -0.25) is 9.78 Å². The zero-order valence-corrected chi connectivity index (χ0v) is 14.1. The van der Waals surface area contributed by atoms with Gasteiger partial charge in [-0.05, 0) is 38.1 Å². The summed E-state index contributed by atoms with van der Waals surface area (Å²) in [5, 5.41) is 4.08. The van der Waals surface area contributed by atoms with Crippen molar-refractivity contribution in [2.45, 2.75) is 26.2 Å². The minimum absolute atomic E-state index is 0.0651. The maximum Gasteiger partial charge on any atom is 0.259 e. The van der Waals surface area contributed by atoms with Crippen LogP contribution < -0.4 is 4.90 Å². The van der Waals surface area contributed by atoms with Gasteiger partial charge in [0.15, 0.2) is 5.82 Å². The van der Waals surface area contributed by atoms with E-state index in [9.17, 15) is 4.79 Å². The Kier molecular flexibility index (Phi) is 3.80. The number of hydrogen-bond donors (Lipinski definition) is 0. The normalized spacial score (nSPS) is 17.3. The number of amides is 1. The minimum Gasteiger partial charge on any atom is -0.334 e. The second kappa shape index (κ2) is 6.12. The van der Waals surface area contributed by atoms with E-state index in [1.54, 1.807) is 11.1 Å². The smallest absolute Gasteiger partial charge is 0.259 e. The van der Waals surface area contributed by atoms with Crippen molar-refractivity contribution in [2.75, 3.05) is 11.4 Å². The lowest BCUT2D eigenvalue weighted by molar-refractivity contribution is -0.117. The molecule has 1 unspecified atom stereocenters. The number of rotatable bonds is 3. The molecule has 1 amide bonds. The third-order valence-electron chi connectivity index (χ3n) is 4.44. The van der Waals surface area contributed by atoms with Crippen LogP contribution in [0.15, 0.2) is 47.1 Å². The molecule has 6 heteroatoms. The SMILES string of the molecule is Cc1ccc(N2CC(c3noc(-c4ccc(C)nc4)n3)CC2=O)cc1. The van der Waals surface area contributed by atoms with Crippen LogP contribution in [0.4, 0.5) is 5.69 Å². The van der Waals surface area contributed by atoms with Crippen LogP contribution in [0.25, 0.3) is 11.5 Å². The van der Waals surface area contributed by atoms with Crippen LogP contribution in [-0.2, 0) is 4.79 Å². The number of nitrogens with zero attached hydrogens (tertiary/aromatic N) is 4. The summed E-state index contributed by atoms with van der Waals surface area (Å²) in [4.78, 5) is 22.9. The van der Waals surface area contributed by atoms with Gasteiger partial charge in [0.2, 0.25) is 5.91 Å². The first-order valence-corrected chi connectivity index (χ1v) is 8.24. The summed E-state index contributed by atoms with van der Waals surface area (Å²) in [7, 11) is 0. The third kappa shape index (κ3) is 3.03. The minimum atomic E-state index is -0.0651. The summed E-state index contributed by atoms with van der Waals surface area (Å²) in [5.74, 6) is 1.02. The standard InChI is InChI=1S/C19H18N4O2/c1-12-3-7-16(8-4-12)23-11-15(9-17(23)24)18-21-19(25-22-18)14-6-5-13(2)20-10-14/h3-8,10,15H,9,11H2,1-2H3. The Balaban J connectivity index is 1.54. The van der Waals surface area contributed by atoms with Gasteiger partial charge >= 0.3 is 0 Å². The van der Waals surface area contributed by atoms with Crippen molar-refractivity contribution >= 4 is 11.6 Å². The molecule has 0 saturated carbocycles. The first-order chi connectivity index (χ1) is 12.1. The van der Waals surface area contributed by atoms with Gasteiger partial charge in [-0.2, -0.15) is 4.98 Å². The fraction of sp³-hybridized carbons (Fsp3) is 0.263. The summed E-state index contributed by atoms with van der Waals surface area (Å²) in [6.07, 6.45) is 2.10. The first-order valence-electron chi connectivity index (χ1n) is 8.24. The molecule has 1 atom stereocenters. The Bertz CT molecular complexity index is 900. The largest absolute Gasteiger partial charge is 0.334 e. The van der Waals surface area contributed by atoms with Gasteiger partial charge in [0.25, 0.3) is 5.89 Å². The zero-order valence-electron chi connectivity index (χ0n) is 14.1. The third-order valence-corrected chi connectivity index (χ3v) is 4.44. The van der Waals surface area contributed by atoms with E-state index in [-0.39, 0.29) is 11.8 Å². The molecular weight excluding hydrogens is 316 g/mol. The fourth-order valence-electron chi connectivity index (χ4n) is 2.97. The highest BCUT2D eigenvalue weighted by molar-refractivity contribution is 5.96. The zero-order chi connectivity index (χ0) is 17.4. The van der Waals surface area contributed by atoms with Crippen molar-refractivity contribution < 1.29 is 9.32 Å². The molecule has 2 aromatic heterocycles. The van der Waals surface area contributed by atoms with Gasteiger partial charge in [-0.15, -0.1) is 0 Å². The average molecular weight is 334 g/mol. The predicted molar refractivity (Wildman–Crippen MR) is 93.2 cm³/mol. The average Bonchev–Trinajstić information content (AvgIpc) is 3.23. The molecule has 25 heavy (non-hydrogen) atoms. The predicted octanol–water partition coefficient (Wildman–Crippen LogP) is 3.27. The Morgan fingerprint density at radius 2 is 1.92 bits per heavy atom. The number of hydrogen-bond acceptors (Lipinski definition) is 5. The topological polar surface area (TPSA) is 72.1 Å². The van der Waals surface area contributed by atoms with Crippen LogP contribution in [0.2, 0.25) is 0 Å². The van der Waals surface area contributed by atoms with Crippen molar-refractivity contribution in [1.82, 2.24) is 15.1 Å². The highest BCUT2D eigenvalue weighted by atomic mass is 16.5. The molecule has 126 valence electrons. The second-order valence-electron chi connectivity index (χ2n) is 6.39. The summed E-state index contributed by atoms with van der Waals surface area (Å²) in [6.45, 7) is 4.51. The van der Waals surface area contributed by atoms with E-state index < -0.39 is 0 Å². The summed E-state index contributed by atoms with van der Waals surface area (Å²) in [5.41, 5.74) is 3.79. The van der Waals surface area contributed by atoms with Crippen molar-refractivity contribution in [2.24, 2.45) is 0 Å². The highest BCUT2D eigenvalue weighted by Gasteiger charge is 2.34. The van der Waals surface area contributed by atoms with E-state index in [2.05, 4.69) is 15.1 Å². The maximum atomic E-state index is 12.4. The highest BCUT2D eigenvalue weighted by Crippen LogP contribution is 2.31. The molecule has 3 heterocycles. The molecule has 6 nitrogen and oxygen atoms in total. The van der Waals surface area contributed by atoms with Gasteiger partial charge in [0.05, 0.1) is 5.56 Å². The molecule has 0 bridgehead atoms. The van der Waals surface area contributed by atoms with Gasteiger partial charge in [0.1, 0.15) is 0 Å². The molecule has 0 spiro atoms. The lowest BCUT2D eigenvalue weighted by Gasteiger charge is -2.16. The van der Waals surface area contributed by atoms with E-state index in [0.29, 0.717) is 24.7 Å². The molecule has 0 aliphatic carbocycles.